The zero-order valence-corrected chi connectivity index (χ0v) is 10.7. The number of aromatic amines is 1. The topological polar surface area (TPSA) is 101 Å². The van der Waals surface area contributed by atoms with Crippen molar-refractivity contribution in [3.63, 3.8) is 0 Å². The van der Waals surface area contributed by atoms with E-state index in [1.54, 1.807) is 6.07 Å². The molecule has 1 aromatic heterocycles. The first-order valence-corrected chi connectivity index (χ1v) is 6.92. The lowest BCUT2D eigenvalue weighted by atomic mass is 10.3. The number of nitrogen functional groups attached to an aromatic ring is 1. The van der Waals surface area contributed by atoms with E-state index in [1.165, 1.54) is 24.3 Å². The van der Waals surface area contributed by atoms with Gasteiger partial charge in [0.05, 0.1) is 4.90 Å². The molecule has 7 heteroatoms. The summed E-state index contributed by atoms with van der Waals surface area (Å²) in [5.41, 5.74) is 6.89. The van der Waals surface area contributed by atoms with Crippen LogP contribution in [-0.2, 0) is 16.4 Å². The second-order valence-corrected chi connectivity index (χ2v) is 5.49. The van der Waals surface area contributed by atoms with E-state index in [-0.39, 0.29) is 10.7 Å². The first kappa shape index (κ1) is 12.4. The Labute approximate surface area is 105 Å². The maximum Gasteiger partial charge on any atom is 0.263 e. The van der Waals surface area contributed by atoms with Gasteiger partial charge in [0.2, 0.25) is 0 Å². The van der Waals surface area contributed by atoms with Crippen molar-refractivity contribution >= 4 is 21.5 Å². The van der Waals surface area contributed by atoms with Crippen molar-refractivity contribution in [3.8, 4) is 0 Å². The average molecular weight is 266 g/mol. The zero-order chi connectivity index (χ0) is 13.2. The van der Waals surface area contributed by atoms with Gasteiger partial charge in [-0.05, 0) is 30.7 Å². The minimum absolute atomic E-state index is 0.151. The maximum absolute atomic E-state index is 12.0. The Hall–Kier alpha value is -2.02. The number of aryl methyl sites for hydroxylation is 1. The molecule has 0 bridgehead atoms. The van der Waals surface area contributed by atoms with Crippen molar-refractivity contribution < 1.29 is 8.42 Å². The minimum atomic E-state index is -3.61. The Kier molecular flexibility index (Phi) is 3.24. The van der Waals surface area contributed by atoms with Crippen LogP contribution in [0.25, 0.3) is 0 Å². The van der Waals surface area contributed by atoms with Gasteiger partial charge < -0.3 is 5.73 Å². The van der Waals surface area contributed by atoms with Crippen molar-refractivity contribution in [3.05, 3.63) is 36.0 Å². The summed E-state index contributed by atoms with van der Waals surface area (Å²) in [7, 11) is -3.61. The van der Waals surface area contributed by atoms with E-state index in [0.717, 1.165) is 12.1 Å². The van der Waals surface area contributed by atoms with Gasteiger partial charge in [0, 0.05) is 17.4 Å². The number of H-pyrrole nitrogens is 1. The van der Waals surface area contributed by atoms with Crippen LogP contribution in [0.4, 0.5) is 11.5 Å². The predicted molar refractivity (Wildman–Crippen MR) is 69.6 cm³/mol. The number of nitrogens with zero attached hydrogens (tertiary/aromatic N) is 1. The van der Waals surface area contributed by atoms with Gasteiger partial charge in [0.15, 0.2) is 5.82 Å². The van der Waals surface area contributed by atoms with E-state index in [4.69, 9.17) is 5.73 Å². The number of aromatic nitrogens is 2. The molecule has 96 valence electrons. The van der Waals surface area contributed by atoms with Gasteiger partial charge in [-0.2, -0.15) is 5.10 Å². The fourth-order valence-corrected chi connectivity index (χ4v) is 2.43. The Bertz CT molecular complexity index is 631. The Morgan fingerprint density at radius 1 is 1.33 bits per heavy atom. The predicted octanol–water partition coefficient (Wildman–Crippen LogP) is 1.36. The van der Waals surface area contributed by atoms with E-state index in [2.05, 4.69) is 14.9 Å². The maximum atomic E-state index is 12.0. The van der Waals surface area contributed by atoms with E-state index in [0.29, 0.717) is 5.69 Å². The van der Waals surface area contributed by atoms with Crippen molar-refractivity contribution in [2.24, 2.45) is 0 Å². The SMILES string of the molecule is CCc1cc(NS(=O)(=O)c2ccc(N)cc2)n[nH]1. The molecule has 1 heterocycles. The first-order chi connectivity index (χ1) is 8.51. The van der Waals surface area contributed by atoms with Crippen molar-refractivity contribution in [2.75, 3.05) is 10.5 Å². The molecule has 0 aliphatic rings. The third kappa shape index (κ3) is 2.62. The molecule has 0 radical (unpaired) electrons. The van der Waals surface area contributed by atoms with Gasteiger partial charge in [0.25, 0.3) is 10.0 Å². The summed E-state index contributed by atoms with van der Waals surface area (Å²) in [6.07, 6.45) is 0.761. The lowest BCUT2D eigenvalue weighted by molar-refractivity contribution is 0.601. The third-order valence-electron chi connectivity index (χ3n) is 2.44. The minimum Gasteiger partial charge on any atom is -0.399 e. The third-order valence-corrected chi connectivity index (χ3v) is 3.81. The molecule has 0 spiro atoms. The van der Waals surface area contributed by atoms with Crippen LogP contribution in [0.15, 0.2) is 35.2 Å². The number of nitrogens with one attached hydrogen (secondary N) is 2. The Balaban J connectivity index is 2.24. The molecule has 0 saturated carbocycles. The normalized spacial score (nSPS) is 11.4. The van der Waals surface area contributed by atoms with Crippen molar-refractivity contribution in [1.29, 1.82) is 0 Å². The summed E-state index contributed by atoms with van der Waals surface area (Å²) in [5.74, 6) is 0.281. The van der Waals surface area contributed by atoms with Crippen LogP contribution in [0.5, 0.6) is 0 Å². The van der Waals surface area contributed by atoms with E-state index >= 15 is 0 Å². The average Bonchev–Trinajstić information content (AvgIpc) is 2.76. The van der Waals surface area contributed by atoms with Crippen LogP contribution in [0.2, 0.25) is 0 Å². The molecule has 0 saturated heterocycles. The molecule has 0 unspecified atom stereocenters. The van der Waals surface area contributed by atoms with E-state index in [1.807, 2.05) is 6.92 Å². The highest BCUT2D eigenvalue weighted by Crippen LogP contribution is 2.16. The second-order valence-electron chi connectivity index (χ2n) is 3.81. The summed E-state index contributed by atoms with van der Waals surface area (Å²) >= 11 is 0. The highest BCUT2D eigenvalue weighted by molar-refractivity contribution is 7.92. The lowest BCUT2D eigenvalue weighted by Gasteiger charge is -2.05. The first-order valence-electron chi connectivity index (χ1n) is 5.44. The van der Waals surface area contributed by atoms with Gasteiger partial charge >= 0.3 is 0 Å². The molecule has 2 aromatic rings. The van der Waals surface area contributed by atoms with Crippen molar-refractivity contribution in [2.45, 2.75) is 18.2 Å². The zero-order valence-electron chi connectivity index (χ0n) is 9.84. The fourth-order valence-electron chi connectivity index (χ4n) is 1.44. The standard InChI is InChI=1S/C11H14N4O2S/c1-2-9-7-11(14-13-9)15-18(16,17)10-5-3-8(12)4-6-10/h3-7H,2,12H2,1H3,(H2,13,14,15). The number of hydrogen-bond donors (Lipinski definition) is 3. The van der Waals surface area contributed by atoms with Gasteiger partial charge in [0.1, 0.15) is 0 Å². The van der Waals surface area contributed by atoms with E-state index in [9.17, 15) is 8.42 Å². The molecule has 2 rings (SSSR count). The Morgan fingerprint density at radius 3 is 2.56 bits per heavy atom. The monoisotopic (exact) mass is 266 g/mol. The van der Waals surface area contributed by atoms with Gasteiger partial charge in [-0.25, -0.2) is 8.42 Å². The molecular weight excluding hydrogens is 252 g/mol. The van der Waals surface area contributed by atoms with Crippen molar-refractivity contribution in [1.82, 2.24) is 10.2 Å². The molecule has 0 atom stereocenters. The number of anilines is 2. The molecule has 0 aliphatic carbocycles. The molecule has 0 fully saturated rings. The largest absolute Gasteiger partial charge is 0.399 e. The summed E-state index contributed by atoms with van der Waals surface area (Å²) < 4.78 is 26.4. The summed E-state index contributed by atoms with van der Waals surface area (Å²) in [6.45, 7) is 1.95. The van der Waals surface area contributed by atoms with Crippen LogP contribution in [0.1, 0.15) is 12.6 Å². The highest BCUT2D eigenvalue weighted by atomic mass is 32.2. The van der Waals surface area contributed by atoms with Gasteiger partial charge in [-0.3, -0.25) is 9.82 Å². The van der Waals surface area contributed by atoms with Crippen LogP contribution < -0.4 is 10.5 Å². The van der Waals surface area contributed by atoms with Crippen LogP contribution in [0.3, 0.4) is 0 Å². The molecular formula is C11H14N4O2S. The van der Waals surface area contributed by atoms with Crippen LogP contribution in [0, 0.1) is 0 Å². The van der Waals surface area contributed by atoms with Crippen LogP contribution >= 0.6 is 0 Å². The highest BCUT2D eigenvalue weighted by Gasteiger charge is 2.15. The van der Waals surface area contributed by atoms with Crippen LogP contribution in [-0.4, -0.2) is 18.6 Å². The van der Waals surface area contributed by atoms with Gasteiger partial charge in [-0.1, -0.05) is 6.92 Å². The molecule has 0 amide bonds. The molecule has 4 N–H and O–H groups in total. The summed E-state index contributed by atoms with van der Waals surface area (Å²) in [4.78, 5) is 0.151. The summed E-state index contributed by atoms with van der Waals surface area (Å²) in [6, 6.07) is 7.64. The molecule has 0 aliphatic heterocycles. The second kappa shape index (κ2) is 4.69. The van der Waals surface area contributed by atoms with Gasteiger partial charge in [-0.15, -0.1) is 0 Å². The molecule has 6 nitrogen and oxygen atoms in total. The summed E-state index contributed by atoms with van der Waals surface area (Å²) in [5, 5.41) is 6.62. The number of sulfonamides is 1. The molecule has 1 aromatic carbocycles. The number of hydrogen-bond acceptors (Lipinski definition) is 4. The Morgan fingerprint density at radius 2 is 2.00 bits per heavy atom. The number of rotatable bonds is 4. The lowest BCUT2D eigenvalue weighted by Crippen LogP contribution is -2.13. The fraction of sp³-hybridized carbons (Fsp3) is 0.182. The van der Waals surface area contributed by atoms with E-state index < -0.39 is 10.0 Å². The number of benzene rings is 1. The quantitative estimate of drug-likeness (QED) is 0.727. The smallest absolute Gasteiger partial charge is 0.263 e. The molecule has 18 heavy (non-hydrogen) atoms. The number of nitrogens with two attached hydrogens (primary N) is 1.